The van der Waals surface area contributed by atoms with Crippen molar-refractivity contribution in [2.75, 3.05) is 0 Å². The van der Waals surface area contributed by atoms with Crippen molar-refractivity contribution in [2.45, 2.75) is 37.4 Å². The number of fused-ring (bicyclic) bond motifs is 3. The second-order valence-electron chi connectivity index (χ2n) is 6.34. The molecule has 0 spiro atoms. The van der Waals surface area contributed by atoms with Crippen molar-refractivity contribution in [3.63, 3.8) is 0 Å². The average molecular weight is 323 g/mol. The van der Waals surface area contributed by atoms with Gasteiger partial charge in [0.2, 0.25) is 0 Å². The zero-order valence-corrected chi connectivity index (χ0v) is 13.0. The molecule has 1 aromatic heterocycles. The van der Waals surface area contributed by atoms with Gasteiger partial charge in [-0.15, -0.1) is 0 Å². The van der Waals surface area contributed by atoms with E-state index in [4.69, 9.17) is 10.2 Å². The van der Waals surface area contributed by atoms with Crippen molar-refractivity contribution >= 4 is 22.8 Å². The Morgan fingerprint density at radius 2 is 2.21 bits per heavy atom. The van der Waals surface area contributed by atoms with Crippen molar-refractivity contribution in [1.82, 2.24) is 10.6 Å². The normalized spacial score (nSPS) is 24.6. The predicted octanol–water partition coefficient (Wildman–Crippen LogP) is 0.892. The van der Waals surface area contributed by atoms with E-state index in [0.29, 0.717) is 34.2 Å². The van der Waals surface area contributed by atoms with Crippen LogP contribution in [0.3, 0.4) is 0 Å². The number of carbonyl (C=O) groups is 2. The molecule has 24 heavy (non-hydrogen) atoms. The Morgan fingerprint density at radius 3 is 2.92 bits per heavy atom. The van der Waals surface area contributed by atoms with Gasteiger partial charge in [-0.2, -0.15) is 0 Å². The molecule has 0 unspecified atom stereocenters. The van der Waals surface area contributed by atoms with E-state index < -0.39 is 5.91 Å². The summed E-state index contributed by atoms with van der Waals surface area (Å²) in [5, 5.41) is 7.31. The first-order chi connectivity index (χ1) is 11.6. The van der Waals surface area contributed by atoms with Crippen LogP contribution in [0.2, 0.25) is 0 Å². The van der Waals surface area contributed by atoms with Crippen LogP contribution in [0, 0.1) is 11.8 Å². The van der Waals surface area contributed by atoms with Crippen LogP contribution < -0.4 is 16.4 Å². The predicted molar refractivity (Wildman–Crippen MR) is 88.1 cm³/mol. The molecule has 2 bridgehead atoms. The fraction of sp³-hybridized carbons (Fsp3) is 0.333. The molecular formula is C18H17N3O3. The van der Waals surface area contributed by atoms with Gasteiger partial charge < -0.3 is 20.8 Å². The second-order valence-corrected chi connectivity index (χ2v) is 6.34. The third kappa shape index (κ3) is 2.63. The fourth-order valence-electron chi connectivity index (χ4n) is 3.63. The van der Waals surface area contributed by atoms with E-state index in [9.17, 15) is 9.59 Å². The Kier molecular flexibility index (Phi) is 3.51. The van der Waals surface area contributed by atoms with Crippen LogP contribution >= 0.6 is 0 Å². The molecule has 2 aliphatic rings. The van der Waals surface area contributed by atoms with E-state index in [2.05, 4.69) is 22.5 Å². The Hall–Kier alpha value is -2.78. The van der Waals surface area contributed by atoms with Crippen LogP contribution in [0.1, 0.15) is 35.2 Å². The van der Waals surface area contributed by atoms with Gasteiger partial charge in [-0.3, -0.25) is 9.59 Å². The number of benzene rings is 1. The van der Waals surface area contributed by atoms with Gasteiger partial charge in [-0.1, -0.05) is 5.92 Å². The maximum Gasteiger partial charge on any atom is 0.293 e. The van der Waals surface area contributed by atoms with E-state index in [1.165, 1.54) is 12.7 Å². The van der Waals surface area contributed by atoms with Crippen molar-refractivity contribution in [3.05, 3.63) is 35.6 Å². The number of amides is 2. The lowest BCUT2D eigenvalue weighted by atomic mass is 9.95. The monoisotopic (exact) mass is 323 g/mol. The summed E-state index contributed by atoms with van der Waals surface area (Å²) in [5.74, 6) is 4.14. The molecule has 6 heteroatoms. The summed E-state index contributed by atoms with van der Waals surface area (Å²) >= 11 is 0. The molecule has 3 heterocycles. The first-order valence-corrected chi connectivity index (χ1v) is 8.00. The molecule has 0 aliphatic carbocycles. The van der Waals surface area contributed by atoms with Crippen molar-refractivity contribution in [1.29, 1.82) is 0 Å². The lowest BCUT2D eigenvalue weighted by Crippen LogP contribution is -2.42. The molecule has 0 radical (unpaired) electrons. The van der Waals surface area contributed by atoms with Gasteiger partial charge in [0.15, 0.2) is 0 Å². The van der Waals surface area contributed by atoms with Gasteiger partial charge in [0.05, 0.1) is 5.56 Å². The van der Waals surface area contributed by atoms with Crippen LogP contribution in [-0.2, 0) is 4.79 Å². The summed E-state index contributed by atoms with van der Waals surface area (Å²) in [6.45, 7) is 0. The molecule has 4 rings (SSSR count). The highest BCUT2D eigenvalue weighted by atomic mass is 16.3. The van der Waals surface area contributed by atoms with Crippen LogP contribution in [0.4, 0.5) is 0 Å². The molecule has 1 aromatic carbocycles. The number of rotatable bonds is 2. The van der Waals surface area contributed by atoms with E-state index in [1.54, 1.807) is 18.2 Å². The average Bonchev–Trinajstić information content (AvgIpc) is 3.27. The zero-order chi connectivity index (χ0) is 16.7. The van der Waals surface area contributed by atoms with E-state index in [1.807, 2.05) is 0 Å². The largest absolute Gasteiger partial charge is 0.463 e. The minimum absolute atomic E-state index is 0.105. The van der Waals surface area contributed by atoms with Gasteiger partial charge in [0.1, 0.15) is 11.8 Å². The Labute approximate surface area is 138 Å². The number of nitrogens with two attached hydrogens (primary N) is 1. The minimum Gasteiger partial charge on any atom is -0.463 e. The molecule has 2 aromatic rings. The number of hydrogen-bond acceptors (Lipinski definition) is 4. The third-order valence-corrected chi connectivity index (χ3v) is 4.77. The van der Waals surface area contributed by atoms with Gasteiger partial charge in [0.25, 0.3) is 11.8 Å². The summed E-state index contributed by atoms with van der Waals surface area (Å²) in [6.07, 6.45) is 4.75. The number of primary amides is 1. The Bertz CT molecular complexity index is 890. The topological polar surface area (TPSA) is 97.4 Å². The molecule has 0 saturated carbocycles. The Morgan fingerprint density at radius 1 is 1.33 bits per heavy atom. The lowest BCUT2D eigenvalue weighted by molar-refractivity contribution is -0.112. The van der Waals surface area contributed by atoms with Gasteiger partial charge in [-0.05, 0) is 37.5 Å². The van der Waals surface area contributed by atoms with E-state index in [-0.39, 0.29) is 11.9 Å². The number of hydrogen-bond donors (Lipinski definition) is 3. The SMILES string of the molecule is NC(=O)C#Cc1coc2ccc(C(=O)N[C@@H]3C[C@H]4CC[C@@H]3N4)cc12. The van der Waals surface area contributed by atoms with Gasteiger partial charge in [0, 0.05) is 35.0 Å². The minimum atomic E-state index is -0.706. The molecule has 2 aliphatic heterocycles. The first-order valence-electron chi connectivity index (χ1n) is 8.00. The molecule has 2 amide bonds. The standard InChI is InChI=1S/C18H17N3O3/c19-17(22)6-2-11-9-24-16-5-1-10(7-13(11)16)18(23)21-15-8-12-3-4-14(15)20-12/h1,5,7,9,12,14-15,20H,3-4,8H2,(H2,19,22)(H,21,23)/t12-,14+,15-/m1/s1. The van der Waals surface area contributed by atoms with Crippen LogP contribution in [0.25, 0.3) is 11.0 Å². The summed E-state index contributed by atoms with van der Waals surface area (Å²) in [6, 6.07) is 6.30. The Balaban J connectivity index is 1.58. The lowest BCUT2D eigenvalue weighted by Gasteiger charge is -2.21. The van der Waals surface area contributed by atoms with Crippen LogP contribution in [-0.4, -0.2) is 29.9 Å². The van der Waals surface area contributed by atoms with Crippen molar-refractivity contribution in [2.24, 2.45) is 5.73 Å². The third-order valence-electron chi connectivity index (χ3n) is 4.77. The first kappa shape index (κ1) is 14.8. The molecule has 4 N–H and O–H groups in total. The summed E-state index contributed by atoms with van der Waals surface area (Å²) in [7, 11) is 0. The van der Waals surface area contributed by atoms with Gasteiger partial charge in [-0.25, -0.2) is 0 Å². The van der Waals surface area contributed by atoms with Crippen LogP contribution in [0.5, 0.6) is 0 Å². The molecular weight excluding hydrogens is 306 g/mol. The van der Waals surface area contributed by atoms with Gasteiger partial charge >= 0.3 is 0 Å². The summed E-state index contributed by atoms with van der Waals surface area (Å²) < 4.78 is 5.39. The molecule has 6 nitrogen and oxygen atoms in total. The molecule has 122 valence electrons. The number of carbonyl (C=O) groups excluding carboxylic acids is 2. The van der Waals surface area contributed by atoms with Crippen molar-refractivity contribution < 1.29 is 14.0 Å². The second kappa shape index (κ2) is 5.69. The van der Waals surface area contributed by atoms with Crippen molar-refractivity contribution in [3.8, 4) is 11.8 Å². The smallest absolute Gasteiger partial charge is 0.293 e. The summed E-state index contributed by atoms with van der Waals surface area (Å²) in [5.41, 5.74) is 6.74. The number of furan rings is 1. The fourth-order valence-corrected chi connectivity index (χ4v) is 3.63. The highest BCUT2D eigenvalue weighted by Crippen LogP contribution is 2.28. The van der Waals surface area contributed by atoms with E-state index >= 15 is 0 Å². The van der Waals surface area contributed by atoms with Crippen LogP contribution in [0.15, 0.2) is 28.9 Å². The maximum absolute atomic E-state index is 12.5. The highest BCUT2D eigenvalue weighted by molar-refractivity contribution is 5.99. The number of nitrogens with one attached hydrogen (secondary N) is 2. The maximum atomic E-state index is 12.5. The molecule has 2 saturated heterocycles. The quantitative estimate of drug-likeness (QED) is 0.715. The van der Waals surface area contributed by atoms with E-state index in [0.717, 1.165) is 12.8 Å². The summed E-state index contributed by atoms with van der Waals surface area (Å²) in [4.78, 5) is 23.4. The molecule has 2 fully saturated rings. The zero-order valence-electron chi connectivity index (χ0n) is 13.0. The highest BCUT2D eigenvalue weighted by Gasteiger charge is 2.39. The molecule has 3 atom stereocenters.